The average molecular weight is 496 g/mol. The van der Waals surface area contributed by atoms with Gasteiger partial charge in [-0.05, 0) is 76.2 Å². The molecular formula is C19H12BrClN2O5S. The number of carbonyl (C=O) groups is 3. The molecule has 2 aromatic rings. The zero-order valence-electron chi connectivity index (χ0n) is 14.5. The van der Waals surface area contributed by atoms with Crippen molar-refractivity contribution in [1.82, 2.24) is 5.32 Å². The number of nitrogens with zero attached hydrogens (tertiary/aromatic N) is 1. The molecule has 2 amide bonds. The van der Waals surface area contributed by atoms with Gasteiger partial charge in [0.1, 0.15) is 11.3 Å². The van der Waals surface area contributed by atoms with Crippen LogP contribution < -0.4 is 15.0 Å². The van der Waals surface area contributed by atoms with Crippen molar-refractivity contribution in [2.45, 2.75) is 0 Å². The predicted octanol–water partition coefficient (Wildman–Crippen LogP) is 3.40. The number of hydrogen-bond acceptors (Lipinski definition) is 5. The minimum Gasteiger partial charge on any atom is -0.481 e. The Morgan fingerprint density at radius 3 is 2.55 bits per heavy atom. The molecule has 2 N–H and O–H groups in total. The SMILES string of the molecule is O=C(O)COc1ccc(C=C2C(=O)NC(=S)N(c3ccc(Cl)cc3)C2=O)cc1Br. The molecule has 7 nitrogen and oxygen atoms in total. The number of ether oxygens (including phenoxy) is 1. The van der Waals surface area contributed by atoms with Gasteiger partial charge in [0, 0.05) is 5.02 Å². The lowest BCUT2D eigenvalue weighted by atomic mass is 10.1. The number of halogens is 2. The highest BCUT2D eigenvalue weighted by atomic mass is 79.9. The molecular weight excluding hydrogens is 484 g/mol. The van der Waals surface area contributed by atoms with Crippen LogP contribution in [-0.2, 0) is 14.4 Å². The number of thiocarbonyl (C=S) groups is 1. The third-order valence-corrected chi connectivity index (χ3v) is 4.96. The molecule has 0 spiro atoms. The summed E-state index contributed by atoms with van der Waals surface area (Å²) in [4.78, 5) is 37.1. The van der Waals surface area contributed by atoms with Gasteiger partial charge in [0.15, 0.2) is 11.7 Å². The molecule has 0 radical (unpaired) electrons. The topological polar surface area (TPSA) is 95.9 Å². The molecule has 3 rings (SSSR count). The minimum absolute atomic E-state index is 0.0296. The van der Waals surface area contributed by atoms with Gasteiger partial charge in [-0.15, -0.1) is 0 Å². The highest BCUT2D eigenvalue weighted by Gasteiger charge is 2.34. The van der Waals surface area contributed by atoms with Crippen LogP contribution >= 0.6 is 39.7 Å². The molecule has 29 heavy (non-hydrogen) atoms. The molecule has 10 heteroatoms. The summed E-state index contributed by atoms with van der Waals surface area (Å²) in [5, 5.41) is 11.7. The van der Waals surface area contributed by atoms with Crippen LogP contribution in [0.15, 0.2) is 52.5 Å². The summed E-state index contributed by atoms with van der Waals surface area (Å²) in [5.41, 5.74) is 0.885. The first-order valence-electron chi connectivity index (χ1n) is 8.07. The Morgan fingerprint density at radius 2 is 1.93 bits per heavy atom. The predicted molar refractivity (Wildman–Crippen MR) is 115 cm³/mol. The van der Waals surface area contributed by atoms with Crippen LogP contribution in [0.3, 0.4) is 0 Å². The number of aliphatic carboxylic acids is 1. The quantitative estimate of drug-likeness (QED) is 0.375. The van der Waals surface area contributed by atoms with Gasteiger partial charge in [0.25, 0.3) is 11.8 Å². The first-order valence-corrected chi connectivity index (χ1v) is 9.65. The number of hydrogen-bond donors (Lipinski definition) is 2. The molecule has 1 saturated heterocycles. The summed E-state index contributed by atoms with van der Waals surface area (Å²) < 4.78 is 5.61. The molecule has 1 heterocycles. The van der Waals surface area contributed by atoms with Crippen molar-refractivity contribution in [3.05, 3.63) is 63.1 Å². The van der Waals surface area contributed by atoms with Crippen molar-refractivity contribution >= 4 is 74.4 Å². The Bertz CT molecular complexity index is 1060. The Labute approximate surface area is 184 Å². The Kier molecular flexibility index (Phi) is 6.31. The fourth-order valence-corrected chi connectivity index (χ4v) is 3.43. The zero-order chi connectivity index (χ0) is 21.1. The van der Waals surface area contributed by atoms with Gasteiger partial charge in [-0.2, -0.15) is 0 Å². The van der Waals surface area contributed by atoms with Crippen molar-refractivity contribution in [1.29, 1.82) is 0 Å². The van der Waals surface area contributed by atoms with E-state index < -0.39 is 24.4 Å². The van der Waals surface area contributed by atoms with Gasteiger partial charge >= 0.3 is 5.97 Å². The number of carbonyl (C=O) groups excluding carboxylic acids is 2. The number of amides is 2. The van der Waals surface area contributed by atoms with Gasteiger partial charge in [-0.3, -0.25) is 19.8 Å². The molecule has 148 valence electrons. The smallest absolute Gasteiger partial charge is 0.341 e. The third-order valence-electron chi connectivity index (χ3n) is 3.80. The fourth-order valence-electron chi connectivity index (χ4n) is 2.51. The maximum Gasteiger partial charge on any atom is 0.341 e. The highest BCUT2D eigenvalue weighted by molar-refractivity contribution is 9.10. The third kappa shape index (κ3) is 4.81. The average Bonchev–Trinajstić information content (AvgIpc) is 2.65. The number of rotatable bonds is 5. The largest absolute Gasteiger partial charge is 0.481 e. The van der Waals surface area contributed by atoms with Crippen LogP contribution in [0.5, 0.6) is 5.75 Å². The molecule has 0 aliphatic carbocycles. The van der Waals surface area contributed by atoms with E-state index in [1.54, 1.807) is 36.4 Å². The van der Waals surface area contributed by atoms with Crippen molar-refractivity contribution < 1.29 is 24.2 Å². The van der Waals surface area contributed by atoms with E-state index in [4.69, 9.17) is 33.7 Å². The minimum atomic E-state index is -1.11. The molecule has 0 unspecified atom stereocenters. The van der Waals surface area contributed by atoms with E-state index in [1.165, 1.54) is 17.0 Å². The van der Waals surface area contributed by atoms with Crippen LogP contribution in [0.1, 0.15) is 5.56 Å². The molecule has 1 aliphatic rings. The van der Waals surface area contributed by atoms with Gasteiger partial charge in [0.2, 0.25) is 0 Å². The Balaban J connectivity index is 1.91. The number of anilines is 1. The van der Waals surface area contributed by atoms with E-state index in [9.17, 15) is 14.4 Å². The lowest BCUT2D eigenvalue weighted by molar-refractivity contribution is -0.139. The van der Waals surface area contributed by atoms with E-state index in [0.717, 1.165) is 0 Å². The lowest BCUT2D eigenvalue weighted by Crippen LogP contribution is -2.54. The van der Waals surface area contributed by atoms with Gasteiger partial charge in [0.05, 0.1) is 10.2 Å². The van der Waals surface area contributed by atoms with Crippen molar-refractivity contribution in [2.75, 3.05) is 11.5 Å². The molecule has 1 fully saturated rings. The van der Waals surface area contributed by atoms with Gasteiger partial charge < -0.3 is 9.84 Å². The summed E-state index contributed by atoms with van der Waals surface area (Å²) in [6.45, 7) is -0.493. The van der Waals surface area contributed by atoms with Crippen molar-refractivity contribution in [3.63, 3.8) is 0 Å². The first kappa shape index (κ1) is 21.0. The van der Waals surface area contributed by atoms with Crippen molar-refractivity contribution in [2.24, 2.45) is 0 Å². The Morgan fingerprint density at radius 1 is 1.24 bits per heavy atom. The molecule has 0 bridgehead atoms. The van der Waals surface area contributed by atoms with E-state index in [-0.39, 0.29) is 10.7 Å². The van der Waals surface area contributed by atoms with Crippen LogP contribution in [0.4, 0.5) is 5.69 Å². The van der Waals surface area contributed by atoms with Crippen LogP contribution in [0, 0.1) is 0 Å². The van der Waals surface area contributed by atoms with E-state index >= 15 is 0 Å². The lowest BCUT2D eigenvalue weighted by Gasteiger charge is -2.29. The molecule has 0 aromatic heterocycles. The van der Waals surface area contributed by atoms with Gasteiger partial charge in [-0.1, -0.05) is 17.7 Å². The maximum absolute atomic E-state index is 12.9. The van der Waals surface area contributed by atoms with E-state index in [0.29, 0.717) is 26.5 Å². The van der Waals surface area contributed by atoms with Crippen LogP contribution in [0.25, 0.3) is 6.08 Å². The second kappa shape index (κ2) is 8.73. The molecule has 0 atom stereocenters. The summed E-state index contributed by atoms with van der Waals surface area (Å²) in [6.07, 6.45) is 1.41. The van der Waals surface area contributed by atoms with E-state index in [2.05, 4.69) is 21.2 Å². The summed E-state index contributed by atoms with van der Waals surface area (Å²) >= 11 is 14.3. The zero-order valence-corrected chi connectivity index (χ0v) is 17.7. The maximum atomic E-state index is 12.9. The van der Waals surface area contributed by atoms with E-state index in [1.807, 2.05) is 0 Å². The number of benzene rings is 2. The molecule has 2 aromatic carbocycles. The van der Waals surface area contributed by atoms with Crippen LogP contribution in [0.2, 0.25) is 5.02 Å². The standard InChI is InChI=1S/C19H12BrClN2O5S/c20-14-8-10(1-6-15(14)28-9-16(24)25)7-13-17(26)22-19(29)23(18(13)27)12-4-2-11(21)3-5-12/h1-8H,9H2,(H,24,25)(H,22,26,29). The number of carboxylic acid groups (broad SMARTS) is 1. The highest BCUT2D eigenvalue weighted by Crippen LogP contribution is 2.28. The van der Waals surface area contributed by atoms with Crippen molar-refractivity contribution in [3.8, 4) is 5.75 Å². The summed E-state index contributed by atoms with van der Waals surface area (Å²) in [7, 11) is 0. The second-order valence-corrected chi connectivity index (χ2v) is 7.48. The number of carboxylic acids is 1. The van der Waals surface area contributed by atoms with Crippen LogP contribution in [-0.4, -0.2) is 34.6 Å². The second-order valence-electron chi connectivity index (χ2n) is 5.81. The summed E-state index contributed by atoms with van der Waals surface area (Å²) in [6, 6.07) is 11.2. The Hall–Kier alpha value is -2.75. The monoisotopic (exact) mass is 494 g/mol. The molecule has 0 saturated carbocycles. The normalized spacial score (nSPS) is 15.4. The number of nitrogens with one attached hydrogen (secondary N) is 1. The first-order chi connectivity index (χ1) is 13.8. The van der Waals surface area contributed by atoms with Gasteiger partial charge in [-0.25, -0.2) is 4.79 Å². The molecule has 1 aliphatic heterocycles. The summed E-state index contributed by atoms with van der Waals surface area (Å²) in [5.74, 6) is -1.99. The fraction of sp³-hybridized carbons (Fsp3) is 0.0526.